The van der Waals surface area contributed by atoms with E-state index in [0.29, 0.717) is 16.8 Å². The lowest BCUT2D eigenvalue weighted by molar-refractivity contribution is -0.149. The molecule has 1 aliphatic heterocycles. The smallest absolute Gasteiger partial charge is 0.418 e. The van der Waals surface area contributed by atoms with Crippen LogP contribution >= 0.6 is 11.6 Å². The highest BCUT2D eigenvalue weighted by Crippen LogP contribution is 2.44. The Hall–Kier alpha value is -3.60. The number of hydrogen-bond acceptors (Lipinski definition) is 5. The van der Waals surface area contributed by atoms with E-state index in [1.807, 2.05) is 0 Å². The minimum absolute atomic E-state index is 0.0276. The number of hydrogen-bond donors (Lipinski definition) is 1. The summed E-state index contributed by atoms with van der Waals surface area (Å²) >= 11 is 6.08. The van der Waals surface area contributed by atoms with E-state index in [-0.39, 0.29) is 53.0 Å². The summed E-state index contributed by atoms with van der Waals surface area (Å²) in [6, 6.07) is 2.86. The number of aromatic nitrogens is 2. The number of rotatable bonds is 5. The van der Waals surface area contributed by atoms with Crippen LogP contribution in [-0.4, -0.2) is 35.1 Å². The predicted molar refractivity (Wildman–Crippen MR) is 134 cm³/mol. The van der Waals surface area contributed by atoms with Crippen molar-refractivity contribution in [3.05, 3.63) is 83.6 Å². The molecule has 0 saturated heterocycles. The van der Waals surface area contributed by atoms with E-state index >= 15 is 0 Å². The first-order valence-corrected chi connectivity index (χ1v) is 11.9. The monoisotopic (exact) mass is 554 g/mol. The first-order valence-electron chi connectivity index (χ1n) is 11.3. The molecule has 200 valence electrons. The van der Waals surface area contributed by atoms with Gasteiger partial charge in [0.25, 0.3) is 0 Å². The van der Waals surface area contributed by atoms with Gasteiger partial charge >= 0.3 is 12.4 Å². The van der Waals surface area contributed by atoms with Crippen molar-refractivity contribution >= 4 is 34.0 Å². The van der Waals surface area contributed by atoms with Gasteiger partial charge in [-0.1, -0.05) is 30.4 Å². The van der Waals surface area contributed by atoms with Crippen molar-refractivity contribution in [3.63, 3.8) is 0 Å². The Kier molecular flexibility index (Phi) is 7.68. The van der Waals surface area contributed by atoms with Gasteiger partial charge in [-0.05, 0) is 31.1 Å². The number of allylic oxidation sites excluding steroid dienone is 7. The van der Waals surface area contributed by atoms with Crippen molar-refractivity contribution in [2.45, 2.75) is 31.1 Å². The number of halogens is 7. The highest BCUT2D eigenvalue weighted by Gasteiger charge is 2.39. The Labute approximate surface area is 219 Å². The Morgan fingerprint density at radius 3 is 2.63 bits per heavy atom. The average molecular weight is 555 g/mol. The number of aliphatic imine (C=N–C) groups is 1. The molecule has 4 rings (SSSR count). The van der Waals surface area contributed by atoms with Gasteiger partial charge in [0.05, 0.1) is 40.2 Å². The third kappa shape index (κ3) is 5.47. The molecule has 12 heteroatoms. The van der Waals surface area contributed by atoms with Crippen LogP contribution in [0.2, 0.25) is 0 Å². The molecule has 1 N–H and O–H groups in total. The molecule has 0 aromatic carbocycles. The molecule has 2 aromatic heterocycles. The average Bonchev–Trinajstić information content (AvgIpc) is 2.84. The summed E-state index contributed by atoms with van der Waals surface area (Å²) in [6.07, 6.45) is -1.64. The van der Waals surface area contributed by atoms with Gasteiger partial charge in [0.2, 0.25) is 0 Å². The third-order valence-corrected chi connectivity index (χ3v) is 6.02. The normalized spacial score (nSPS) is 21.1. The maximum atomic E-state index is 13.8. The summed E-state index contributed by atoms with van der Waals surface area (Å²) in [5.74, 6) is -1.97. The number of alkyl halides is 7. The lowest BCUT2D eigenvalue weighted by Crippen LogP contribution is -2.24. The summed E-state index contributed by atoms with van der Waals surface area (Å²) in [5, 5.41) is 3.47. The fourth-order valence-electron chi connectivity index (χ4n) is 4.02. The van der Waals surface area contributed by atoms with Crippen LogP contribution in [0.25, 0.3) is 11.0 Å². The molecule has 1 aliphatic carbocycles. The quantitative estimate of drug-likeness (QED) is 0.179. The second-order valence-electron chi connectivity index (χ2n) is 8.28. The molecule has 1 atom stereocenters. The molecular formula is C26H21ClF6N4O. The van der Waals surface area contributed by atoms with Crippen LogP contribution < -0.4 is 10.1 Å². The summed E-state index contributed by atoms with van der Waals surface area (Å²) in [7, 11) is 1.23. The lowest BCUT2D eigenvalue weighted by Gasteiger charge is -2.28. The van der Waals surface area contributed by atoms with Gasteiger partial charge in [0.15, 0.2) is 11.4 Å². The topological polar surface area (TPSA) is 59.4 Å². The van der Waals surface area contributed by atoms with Crippen LogP contribution in [0.4, 0.5) is 32.0 Å². The Morgan fingerprint density at radius 1 is 1.24 bits per heavy atom. The lowest BCUT2D eigenvalue weighted by atomic mass is 10.0. The molecule has 0 bridgehead atoms. The van der Waals surface area contributed by atoms with Crippen molar-refractivity contribution in [1.29, 1.82) is 0 Å². The van der Waals surface area contributed by atoms with E-state index in [2.05, 4.69) is 26.9 Å². The second-order valence-corrected chi connectivity index (χ2v) is 8.55. The molecule has 0 fully saturated rings. The summed E-state index contributed by atoms with van der Waals surface area (Å²) in [6.45, 7) is 3.45. The van der Waals surface area contributed by atoms with E-state index in [1.54, 1.807) is 6.08 Å². The Morgan fingerprint density at radius 2 is 2.00 bits per heavy atom. The van der Waals surface area contributed by atoms with E-state index in [0.717, 1.165) is 18.2 Å². The van der Waals surface area contributed by atoms with Crippen molar-refractivity contribution < 1.29 is 31.1 Å². The number of fused-ring (bicyclic) bond motifs is 4. The van der Waals surface area contributed by atoms with Crippen molar-refractivity contribution in [1.82, 2.24) is 9.97 Å². The van der Waals surface area contributed by atoms with Gasteiger partial charge in [0, 0.05) is 12.4 Å². The zero-order chi connectivity index (χ0) is 27.7. The molecule has 2 aliphatic rings. The molecule has 5 nitrogen and oxygen atoms in total. The zero-order valence-corrected chi connectivity index (χ0v) is 20.7. The van der Waals surface area contributed by atoms with Gasteiger partial charge < -0.3 is 10.1 Å². The van der Waals surface area contributed by atoms with Crippen LogP contribution in [0.1, 0.15) is 24.2 Å². The van der Waals surface area contributed by atoms with Crippen LogP contribution in [0.15, 0.2) is 77.2 Å². The highest BCUT2D eigenvalue weighted by atomic mass is 35.5. The first-order chi connectivity index (χ1) is 18.0. The molecule has 3 heterocycles. The number of anilines is 1. The van der Waals surface area contributed by atoms with Crippen LogP contribution in [0.3, 0.4) is 0 Å². The van der Waals surface area contributed by atoms with Crippen molar-refractivity contribution in [2.24, 2.45) is 10.9 Å². The standard InChI is InChI=1S/C26H21ClF6N4O/c1-3-4-8-16(26(31,32)33)22(34-2)18-11-10-15-21-23(19(13-27)37-24(15)36-18)38-20-12-14(25(28,29)30)7-5-6-9-17(20)35-21/h3,5,7-12,14,35H,1,4,6,13H2,2H3/b7-5?,16-8+,17-9+,20-12+,34-22?. The largest absolute Gasteiger partial charge is 0.451 e. The second kappa shape index (κ2) is 10.6. The Bertz CT molecular complexity index is 1420. The van der Waals surface area contributed by atoms with Gasteiger partial charge in [0.1, 0.15) is 11.5 Å². The third-order valence-electron chi connectivity index (χ3n) is 5.76. The predicted octanol–water partition coefficient (Wildman–Crippen LogP) is 7.56. The number of nitrogens with zero attached hydrogens (tertiary/aromatic N) is 3. The number of nitrogens with one attached hydrogen (secondary N) is 1. The van der Waals surface area contributed by atoms with Gasteiger partial charge in [-0.25, -0.2) is 9.97 Å². The molecule has 0 spiro atoms. The molecule has 0 amide bonds. The first kappa shape index (κ1) is 27.4. The summed E-state index contributed by atoms with van der Waals surface area (Å²) in [4.78, 5) is 12.5. The molecule has 38 heavy (non-hydrogen) atoms. The fourth-order valence-corrected chi connectivity index (χ4v) is 4.20. The van der Waals surface area contributed by atoms with Crippen LogP contribution in [0, 0.1) is 5.92 Å². The van der Waals surface area contributed by atoms with Gasteiger partial charge in [-0.2, -0.15) is 26.3 Å². The number of ether oxygens (including phenoxy) is 1. The minimum atomic E-state index is -4.69. The maximum absolute atomic E-state index is 13.8. The molecule has 0 saturated carbocycles. The fraction of sp³-hybridized carbons (Fsp3) is 0.269. The maximum Gasteiger partial charge on any atom is 0.418 e. The molecule has 2 aromatic rings. The van der Waals surface area contributed by atoms with E-state index in [4.69, 9.17) is 16.3 Å². The zero-order valence-electron chi connectivity index (χ0n) is 19.9. The summed E-state index contributed by atoms with van der Waals surface area (Å²) in [5.41, 5.74) is -0.556. The molecular weight excluding hydrogens is 534 g/mol. The highest BCUT2D eigenvalue weighted by molar-refractivity contribution is 6.17. The summed E-state index contributed by atoms with van der Waals surface area (Å²) < 4.78 is 87.7. The van der Waals surface area contributed by atoms with Crippen molar-refractivity contribution in [2.75, 3.05) is 12.4 Å². The van der Waals surface area contributed by atoms with E-state index in [1.165, 1.54) is 31.3 Å². The van der Waals surface area contributed by atoms with Crippen molar-refractivity contribution in [3.8, 4) is 5.75 Å². The van der Waals surface area contributed by atoms with Gasteiger partial charge in [-0.15, -0.1) is 18.2 Å². The van der Waals surface area contributed by atoms with Crippen LogP contribution in [0.5, 0.6) is 5.75 Å². The van der Waals surface area contributed by atoms with Crippen LogP contribution in [-0.2, 0) is 5.88 Å². The number of pyridine rings is 2. The molecule has 0 radical (unpaired) electrons. The molecule has 1 unspecified atom stereocenters. The minimum Gasteiger partial charge on any atom is -0.451 e. The SMILES string of the molecule is C=CC/C=C(\C(=NC)c1ccc2c3c(c(CCl)nc2n1)OC1=C/C(C(F)(F)F)C=CC/C=C\1N3)C(F)(F)F. The van der Waals surface area contributed by atoms with E-state index < -0.39 is 23.8 Å². The Balaban J connectivity index is 1.84. The van der Waals surface area contributed by atoms with Gasteiger partial charge in [-0.3, -0.25) is 4.99 Å². The van der Waals surface area contributed by atoms with E-state index in [9.17, 15) is 26.3 Å².